The number of hydrogen-bond donors (Lipinski definition) is 0. The van der Waals surface area contributed by atoms with Crippen molar-refractivity contribution in [2.45, 2.75) is 18.2 Å². The predicted octanol–water partition coefficient (Wildman–Crippen LogP) is 2.09. The standard InChI is InChI=1S/C23H24O4Se2/c1-26-21(24)23(22(25)27-2)13-17(15-28-19-9-5-3-6-10-19)18(14-23)16-29-20-11-7-4-8-12-20/h3-12,15,18H,13-14,16H2,1-2H3/b17-15+. The number of hydrogen-bond acceptors (Lipinski definition) is 4. The van der Waals surface area contributed by atoms with Gasteiger partial charge in [0.2, 0.25) is 0 Å². The van der Waals surface area contributed by atoms with Crippen LogP contribution in [-0.2, 0) is 19.1 Å². The SMILES string of the molecule is COC(=O)C1(C(=O)OC)C/C(=C\[Se]c2ccccc2)C(C[Se]c2ccccc2)C1. The molecule has 0 bridgehead atoms. The molecule has 0 heterocycles. The van der Waals surface area contributed by atoms with Gasteiger partial charge in [0, 0.05) is 0 Å². The molecule has 1 fully saturated rings. The predicted molar refractivity (Wildman–Crippen MR) is 116 cm³/mol. The van der Waals surface area contributed by atoms with Gasteiger partial charge in [0.15, 0.2) is 0 Å². The number of allylic oxidation sites excluding steroid dienone is 1. The van der Waals surface area contributed by atoms with E-state index < -0.39 is 17.4 Å². The van der Waals surface area contributed by atoms with Gasteiger partial charge in [-0.3, -0.25) is 0 Å². The Morgan fingerprint density at radius 1 is 0.966 bits per heavy atom. The molecule has 6 heteroatoms. The van der Waals surface area contributed by atoms with Crippen molar-refractivity contribution in [2.75, 3.05) is 14.2 Å². The van der Waals surface area contributed by atoms with Gasteiger partial charge < -0.3 is 0 Å². The summed E-state index contributed by atoms with van der Waals surface area (Å²) < 4.78 is 12.6. The van der Waals surface area contributed by atoms with Crippen LogP contribution in [0, 0.1) is 11.3 Å². The van der Waals surface area contributed by atoms with Gasteiger partial charge in [0.05, 0.1) is 0 Å². The molecule has 4 nitrogen and oxygen atoms in total. The molecule has 1 saturated carbocycles. The number of esters is 2. The van der Waals surface area contributed by atoms with Gasteiger partial charge >= 0.3 is 185 Å². The molecule has 0 spiro atoms. The Balaban J connectivity index is 1.86. The van der Waals surface area contributed by atoms with Gasteiger partial charge in [-0.15, -0.1) is 0 Å². The minimum absolute atomic E-state index is 0.150. The van der Waals surface area contributed by atoms with Gasteiger partial charge in [0.1, 0.15) is 0 Å². The summed E-state index contributed by atoms with van der Waals surface area (Å²) in [5.74, 6) is -0.798. The molecule has 0 aromatic heterocycles. The van der Waals surface area contributed by atoms with Crippen LogP contribution in [-0.4, -0.2) is 56.1 Å². The second kappa shape index (κ2) is 10.3. The average Bonchev–Trinajstić information content (AvgIpc) is 3.16. The van der Waals surface area contributed by atoms with Crippen molar-refractivity contribution in [3.05, 3.63) is 71.2 Å². The molecule has 0 aliphatic heterocycles. The number of carbonyl (C=O) groups is 2. The van der Waals surface area contributed by atoms with Crippen molar-refractivity contribution in [3.8, 4) is 0 Å². The summed E-state index contributed by atoms with van der Waals surface area (Å²) in [6, 6.07) is 20.7. The van der Waals surface area contributed by atoms with Gasteiger partial charge in [-0.2, -0.15) is 0 Å². The van der Waals surface area contributed by atoms with E-state index in [1.807, 2.05) is 36.4 Å². The van der Waals surface area contributed by atoms with Crippen LogP contribution in [0.3, 0.4) is 0 Å². The van der Waals surface area contributed by atoms with Crippen molar-refractivity contribution >= 4 is 50.8 Å². The van der Waals surface area contributed by atoms with Crippen LogP contribution in [0.25, 0.3) is 0 Å². The first kappa shape index (κ1) is 21.9. The zero-order chi connectivity index (χ0) is 20.7. The Morgan fingerprint density at radius 3 is 2.07 bits per heavy atom. The molecule has 0 saturated heterocycles. The Kier molecular flexibility index (Phi) is 7.74. The van der Waals surface area contributed by atoms with Crippen molar-refractivity contribution < 1.29 is 19.1 Å². The average molecular weight is 522 g/mol. The molecule has 152 valence electrons. The van der Waals surface area contributed by atoms with E-state index >= 15 is 0 Å². The van der Waals surface area contributed by atoms with Crippen molar-refractivity contribution in [1.82, 2.24) is 0 Å². The summed E-state index contributed by atoms with van der Waals surface area (Å²) in [6.07, 6.45) is 0.841. The third kappa shape index (κ3) is 5.21. The first-order chi connectivity index (χ1) is 14.1. The van der Waals surface area contributed by atoms with Crippen molar-refractivity contribution in [1.29, 1.82) is 0 Å². The second-order valence-corrected chi connectivity index (χ2v) is 11.2. The minimum atomic E-state index is -1.22. The maximum absolute atomic E-state index is 12.6. The third-order valence-corrected chi connectivity index (χ3v) is 9.55. The fourth-order valence-corrected chi connectivity index (χ4v) is 7.66. The number of ether oxygens (including phenoxy) is 2. The first-order valence-corrected chi connectivity index (χ1v) is 13.3. The topological polar surface area (TPSA) is 52.6 Å². The van der Waals surface area contributed by atoms with E-state index in [9.17, 15) is 9.59 Å². The van der Waals surface area contributed by atoms with Crippen molar-refractivity contribution in [2.24, 2.45) is 11.3 Å². The van der Waals surface area contributed by atoms with E-state index in [4.69, 9.17) is 9.47 Å². The number of rotatable bonds is 7. The molecule has 29 heavy (non-hydrogen) atoms. The Labute approximate surface area is 184 Å². The summed E-state index contributed by atoms with van der Waals surface area (Å²) >= 11 is 0.421. The molecule has 0 N–H and O–H groups in total. The Bertz CT molecular complexity index is 849. The van der Waals surface area contributed by atoms with E-state index in [-0.39, 0.29) is 35.8 Å². The van der Waals surface area contributed by atoms with Gasteiger partial charge in [-0.05, 0) is 0 Å². The fraction of sp³-hybridized carbons (Fsp3) is 0.304. The zero-order valence-corrected chi connectivity index (χ0v) is 19.9. The first-order valence-electron chi connectivity index (χ1n) is 9.34. The molecule has 0 radical (unpaired) electrons. The van der Waals surface area contributed by atoms with E-state index in [1.54, 1.807) is 0 Å². The number of benzene rings is 2. The summed E-state index contributed by atoms with van der Waals surface area (Å²) in [7, 11) is 2.68. The monoisotopic (exact) mass is 524 g/mol. The molecule has 1 unspecified atom stereocenters. The van der Waals surface area contributed by atoms with E-state index in [0.717, 1.165) is 5.32 Å². The van der Waals surface area contributed by atoms with E-state index in [0.29, 0.717) is 12.8 Å². The second-order valence-electron chi connectivity index (χ2n) is 6.89. The summed E-state index contributed by atoms with van der Waals surface area (Å²) in [5.41, 5.74) is -0.0399. The fourth-order valence-electron chi connectivity index (χ4n) is 3.56. The quantitative estimate of drug-likeness (QED) is 0.318. The molecule has 2 aromatic rings. The molecule has 1 aliphatic rings. The molecule has 2 aromatic carbocycles. The van der Waals surface area contributed by atoms with Crippen LogP contribution in [0.5, 0.6) is 0 Å². The summed E-state index contributed by atoms with van der Waals surface area (Å²) in [4.78, 5) is 27.5. The molecule has 1 aliphatic carbocycles. The molecule has 3 rings (SSSR count). The zero-order valence-electron chi connectivity index (χ0n) is 16.5. The van der Waals surface area contributed by atoms with Crippen molar-refractivity contribution in [3.63, 3.8) is 0 Å². The number of methoxy groups -OCH3 is 2. The third-order valence-electron chi connectivity index (χ3n) is 5.06. The van der Waals surface area contributed by atoms with Gasteiger partial charge in [0.25, 0.3) is 0 Å². The van der Waals surface area contributed by atoms with Crippen LogP contribution in [0.2, 0.25) is 5.32 Å². The molecular formula is C23H24O4Se2. The number of carbonyl (C=O) groups excluding carboxylic acids is 2. The maximum atomic E-state index is 12.6. The van der Waals surface area contributed by atoms with Crippen LogP contribution < -0.4 is 8.92 Å². The van der Waals surface area contributed by atoms with Gasteiger partial charge in [-0.25, -0.2) is 0 Å². The summed E-state index contributed by atoms with van der Waals surface area (Å²) in [5, 5.41) is 0.948. The Morgan fingerprint density at radius 2 is 1.52 bits per heavy atom. The molecule has 0 amide bonds. The molecular weight excluding hydrogens is 498 g/mol. The summed E-state index contributed by atoms with van der Waals surface area (Å²) in [6.45, 7) is 0. The van der Waals surface area contributed by atoms with E-state index in [2.05, 4.69) is 29.2 Å². The normalized spacial score (nSPS) is 19.1. The molecule has 1 atom stereocenters. The van der Waals surface area contributed by atoms with Crippen LogP contribution in [0.1, 0.15) is 12.8 Å². The van der Waals surface area contributed by atoms with Crippen LogP contribution >= 0.6 is 0 Å². The Hall–Kier alpha value is -1.84. The van der Waals surface area contributed by atoms with Gasteiger partial charge in [-0.1, -0.05) is 0 Å². The van der Waals surface area contributed by atoms with Crippen LogP contribution in [0.4, 0.5) is 0 Å². The van der Waals surface area contributed by atoms with E-state index in [1.165, 1.54) is 28.7 Å². The van der Waals surface area contributed by atoms with Crippen LogP contribution in [0.15, 0.2) is 71.2 Å².